The van der Waals surface area contributed by atoms with Gasteiger partial charge in [0.05, 0.1) is 24.8 Å². The monoisotopic (exact) mass is 422 g/mol. The van der Waals surface area contributed by atoms with Gasteiger partial charge in [0.1, 0.15) is 0 Å². The highest BCUT2D eigenvalue weighted by Gasteiger charge is 2.22. The van der Waals surface area contributed by atoms with Crippen LogP contribution in [0.5, 0.6) is 11.5 Å². The van der Waals surface area contributed by atoms with Crippen molar-refractivity contribution in [3.63, 3.8) is 0 Å². The molecule has 2 N–H and O–H groups in total. The van der Waals surface area contributed by atoms with E-state index in [1.165, 1.54) is 0 Å². The smallest absolute Gasteiger partial charge is 0.340 e. The van der Waals surface area contributed by atoms with Gasteiger partial charge in [0.25, 0.3) is 5.91 Å². The van der Waals surface area contributed by atoms with E-state index in [1.807, 2.05) is 56.3 Å². The zero-order valence-corrected chi connectivity index (χ0v) is 17.6. The normalized spacial score (nSPS) is 14.2. The number of H-pyrrole nitrogens is 1. The van der Waals surface area contributed by atoms with Crippen molar-refractivity contribution in [3.8, 4) is 11.5 Å². The molecule has 0 aliphatic carbocycles. The molecule has 162 valence electrons. The first-order chi connectivity index (χ1) is 15.0. The molecule has 1 amide bonds. The van der Waals surface area contributed by atoms with E-state index in [1.54, 1.807) is 6.20 Å². The van der Waals surface area contributed by atoms with Crippen molar-refractivity contribution in [1.82, 2.24) is 10.3 Å². The first-order valence-electron chi connectivity index (χ1n) is 10.4. The predicted octanol–water partition coefficient (Wildman–Crippen LogP) is 4.00. The second-order valence-electron chi connectivity index (χ2n) is 7.87. The summed E-state index contributed by atoms with van der Waals surface area (Å²) in [7, 11) is 0. The number of rotatable bonds is 6. The molecule has 1 aliphatic heterocycles. The topological polar surface area (TPSA) is 89.7 Å². The Morgan fingerprint density at radius 3 is 2.68 bits per heavy atom. The number of hydrogen-bond donors (Lipinski definition) is 2. The van der Waals surface area contributed by atoms with Crippen LogP contribution in [-0.4, -0.2) is 36.7 Å². The van der Waals surface area contributed by atoms with Crippen molar-refractivity contribution in [2.45, 2.75) is 26.3 Å². The van der Waals surface area contributed by atoms with Gasteiger partial charge in [-0.05, 0) is 29.7 Å². The SMILES string of the molecule is CC(C)[C@H](NC(=O)COC(=O)c1c[nH]c2ccccc12)c1ccc2c(c1)OCCCO2. The van der Waals surface area contributed by atoms with Crippen molar-refractivity contribution in [2.24, 2.45) is 5.92 Å². The molecule has 1 atom stereocenters. The number of hydrogen-bond acceptors (Lipinski definition) is 5. The molecule has 0 saturated heterocycles. The molecule has 2 heterocycles. The van der Waals surface area contributed by atoms with Crippen LogP contribution >= 0.6 is 0 Å². The van der Waals surface area contributed by atoms with Crippen molar-refractivity contribution < 1.29 is 23.8 Å². The minimum Gasteiger partial charge on any atom is -0.490 e. The van der Waals surface area contributed by atoms with Crippen LogP contribution in [0, 0.1) is 5.92 Å². The zero-order valence-electron chi connectivity index (χ0n) is 17.6. The standard InChI is InChI=1S/C24H26N2O5/c1-15(2)23(16-8-9-20-21(12-16)30-11-5-10-29-20)26-22(27)14-31-24(28)18-13-25-19-7-4-3-6-17(18)19/h3-4,6-9,12-13,15,23,25H,5,10-11,14H2,1-2H3,(H,26,27)/t23-/m0/s1. The quantitative estimate of drug-likeness (QED) is 0.586. The first kappa shape index (κ1) is 20.8. The summed E-state index contributed by atoms with van der Waals surface area (Å²) in [6.07, 6.45) is 2.43. The van der Waals surface area contributed by atoms with Gasteiger partial charge < -0.3 is 24.5 Å². The Hall–Kier alpha value is -3.48. The second kappa shape index (κ2) is 9.12. The number of fused-ring (bicyclic) bond motifs is 2. The Labute approximate surface area is 180 Å². The Morgan fingerprint density at radius 1 is 1.10 bits per heavy atom. The maximum absolute atomic E-state index is 12.6. The van der Waals surface area contributed by atoms with E-state index in [2.05, 4.69) is 10.3 Å². The fourth-order valence-corrected chi connectivity index (χ4v) is 3.67. The molecule has 1 aromatic heterocycles. The zero-order chi connectivity index (χ0) is 21.8. The van der Waals surface area contributed by atoms with E-state index in [4.69, 9.17) is 14.2 Å². The lowest BCUT2D eigenvalue weighted by molar-refractivity contribution is -0.125. The van der Waals surface area contributed by atoms with Gasteiger partial charge in [-0.1, -0.05) is 38.1 Å². The van der Waals surface area contributed by atoms with Crippen LogP contribution in [0.2, 0.25) is 0 Å². The fraction of sp³-hybridized carbons (Fsp3) is 0.333. The van der Waals surface area contributed by atoms with Crippen molar-refractivity contribution in [2.75, 3.05) is 19.8 Å². The van der Waals surface area contributed by atoms with E-state index in [0.29, 0.717) is 30.3 Å². The summed E-state index contributed by atoms with van der Waals surface area (Å²) >= 11 is 0. The highest BCUT2D eigenvalue weighted by Crippen LogP contribution is 2.34. The average molecular weight is 422 g/mol. The van der Waals surface area contributed by atoms with Crippen LogP contribution in [0.4, 0.5) is 0 Å². The summed E-state index contributed by atoms with van der Waals surface area (Å²) < 4.78 is 16.7. The molecule has 0 bridgehead atoms. The number of ether oxygens (including phenoxy) is 3. The number of esters is 1. The Morgan fingerprint density at radius 2 is 1.87 bits per heavy atom. The van der Waals surface area contributed by atoms with E-state index in [9.17, 15) is 9.59 Å². The summed E-state index contributed by atoms with van der Waals surface area (Å²) in [5.74, 6) is 0.615. The van der Waals surface area contributed by atoms with Gasteiger partial charge >= 0.3 is 5.97 Å². The fourth-order valence-electron chi connectivity index (χ4n) is 3.67. The van der Waals surface area contributed by atoms with Crippen molar-refractivity contribution in [1.29, 1.82) is 0 Å². The van der Waals surface area contributed by atoms with Gasteiger partial charge in [-0.15, -0.1) is 0 Å². The van der Waals surface area contributed by atoms with Gasteiger partial charge in [-0.2, -0.15) is 0 Å². The number of benzene rings is 2. The molecule has 0 spiro atoms. The summed E-state index contributed by atoms with van der Waals surface area (Å²) in [6, 6.07) is 12.9. The third-order valence-corrected chi connectivity index (χ3v) is 5.26. The lowest BCUT2D eigenvalue weighted by Crippen LogP contribution is -2.35. The lowest BCUT2D eigenvalue weighted by atomic mass is 9.95. The molecule has 31 heavy (non-hydrogen) atoms. The molecule has 0 saturated carbocycles. The second-order valence-corrected chi connectivity index (χ2v) is 7.87. The lowest BCUT2D eigenvalue weighted by Gasteiger charge is -2.23. The van der Waals surface area contributed by atoms with Crippen molar-refractivity contribution >= 4 is 22.8 Å². The highest BCUT2D eigenvalue weighted by atomic mass is 16.5. The molecule has 1 aliphatic rings. The predicted molar refractivity (Wildman–Crippen MR) is 116 cm³/mol. The Bertz CT molecular complexity index is 1090. The molecule has 0 radical (unpaired) electrons. The Kier molecular flexibility index (Phi) is 6.11. The number of amides is 1. The number of aromatic nitrogens is 1. The highest BCUT2D eigenvalue weighted by molar-refractivity contribution is 6.04. The van der Waals surface area contributed by atoms with Crippen LogP contribution in [0.1, 0.15) is 42.2 Å². The van der Waals surface area contributed by atoms with Gasteiger partial charge in [0.2, 0.25) is 0 Å². The molecule has 4 rings (SSSR count). The number of carbonyl (C=O) groups is 2. The third kappa shape index (κ3) is 4.66. The average Bonchev–Trinajstić information content (AvgIpc) is 3.06. The summed E-state index contributed by atoms with van der Waals surface area (Å²) in [6.45, 7) is 4.90. The first-order valence-corrected chi connectivity index (χ1v) is 10.4. The van der Waals surface area contributed by atoms with Gasteiger partial charge in [0.15, 0.2) is 18.1 Å². The molecule has 7 heteroatoms. The molecular weight excluding hydrogens is 396 g/mol. The van der Waals surface area contributed by atoms with E-state index < -0.39 is 5.97 Å². The number of carbonyl (C=O) groups excluding carboxylic acids is 2. The van der Waals surface area contributed by atoms with Crippen LogP contribution in [0.3, 0.4) is 0 Å². The summed E-state index contributed by atoms with van der Waals surface area (Å²) in [4.78, 5) is 28.0. The van der Waals surface area contributed by atoms with Crippen LogP contribution in [-0.2, 0) is 9.53 Å². The minimum absolute atomic E-state index is 0.123. The third-order valence-electron chi connectivity index (χ3n) is 5.26. The maximum atomic E-state index is 12.6. The Balaban J connectivity index is 1.41. The van der Waals surface area contributed by atoms with E-state index >= 15 is 0 Å². The van der Waals surface area contributed by atoms with Gasteiger partial charge in [-0.3, -0.25) is 4.79 Å². The van der Waals surface area contributed by atoms with E-state index in [-0.39, 0.29) is 24.5 Å². The van der Waals surface area contributed by atoms with E-state index in [0.717, 1.165) is 22.9 Å². The number of para-hydroxylation sites is 1. The number of nitrogens with one attached hydrogen (secondary N) is 2. The molecular formula is C24H26N2O5. The van der Waals surface area contributed by atoms with Crippen molar-refractivity contribution in [3.05, 3.63) is 59.8 Å². The minimum atomic E-state index is -0.538. The maximum Gasteiger partial charge on any atom is 0.340 e. The van der Waals surface area contributed by atoms with Gasteiger partial charge in [0, 0.05) is 23.5 Å². The molecule has 0 unspecified atom stereocenters. The van der Waals surface area contributed by atoms with Crippen LogP contribution < -0.4 is 14.8 Å². The van der Waals surface area contributed by atoms with Gasteiger partial charge in [-0.25, -0.2) is 4.79 Å². The molecule has 3 aromatic rings. The molecule has 0 fully saturated rings. The van der Waals surface area contributed by atoms with Crippen LogP contribution in [0.25, 0.3) is 10.9 Å². The molecule has 7 nitrogen and oxygen atoms in total. The molecule has 2 aromatic carbocycles. The largest absolute Gasteiger partial charge is 0.490 e. The van der Waals surface area contributed by atoms with Crippen LogP contribution in [0.15, 0.2) is 48.7 Å². The summed E-state index contributed by atoms with van der Waals surface area (Å²) in [5, 5.41) is 3.74. The number of aromatic amines is 1. The summed E-state index contributed by atoms with van der Waals surface area (Å²) in [5.41, 5.74) is 2.16.